The number of ether oxygens (including phenoxy) is 1. The first-order valence-corrected chi connectivity index (χ1v) is 5.93. The highest BCUT2D eigenvalue weighted by Gasteiger charge is 2.16. The number of H-pyrrole nitrogens is 1. The van der Waals surface area contributed by atoms with Crippen LogP contribution in [0.15, 0.2) is 36.7 Å². The molecule has 88 valence electrons. The van der Waals surface area contributed by atoms with Crippen molar-refractivity contribution in [3.63, 3.8) is 0 Å². The van der Waals surface area contributed by atoms with Crippen LogP contribution in [0.2, 0.25) is 0 Å². The third kappa shape index (κ3) is 1.78. The van der Waals surface area contributed by atoms with Crippen molar-refractivity contribution >= 4 is 10.9 Å². The summed E-state index contributed by atoms with van der Waals surface area (Å²) in [4.78, 5) is 3.26. The van der Waals surface area contributed by atoms with Crippen molar-refractivity contribution in [1.29, 1.82) is 0 Å². The van der Waals surface area contributed by atoms with Crippen molar-refractivity contribution < 1.29 is 4.74 Å². The number of methoxy groups -OCH3 is 1. The molecule has 0 spiro atoms. The van der Waals surface area contributed by atoms with Crippen molar-refractivity contribution in [2.24, 2.45) is 0 Å². The monoisotopic (exact) mass is 228 g/mol. The Labute approximate surface area is 100 Å². The standard InChI is InChI=1S/C14H16N2O/c1-17-14-8-11-4-7-16-13(11)9-12(14)10-2-5-15-6-3-10/h2,4-5,7-10,15-16H,3,6H2,1H3. The molecule has 1 aliphatic heterocycles. The maximum Gasteiger partial charge on any atom is 0.123 e. The Hall–Kier alpha value is -1.90. The van der Waals surface area contributed by atoms with E-state index in [1.54, 1.807) is 7.11 Å². The molecule has 0 fully saturated rings. The molecule has 0 bridgehead atoms. The van der Waals surface area contributed by atoms with E-state index in [-0.39, 0.29) is 0 Å². The number of hydrogen-bond donors (Lipinski definition) is 2. The van der Waals surface area contributed by atoms with Crippen LogP contribution in [-0.4, -0.2) is 18.6 Å². The average molecular weight is 228 g/mol. The van der Waals surface area contributed by atoms with E-state index in [4.69, 9.17) is 4.74 Å². The van der Waals surface area contributed by atoms with Gasteiger partial charge in [-0.15, -0.1) is 0 Å². The average Bonchev–Trinajstić information content (AvgIpc) is 2.85. The second-order valence-corrected chi connectivity index (χ2v) is 4.37. The number of aromatic nitrogens is 1. The van der Waals surface area contributed by atoms with Crippen LogP contribution in [0.4, 0.5) is 0 Å². The van der Waals surface area contributed by atoms with Crippen LogP contribution >= 0.6 is 0 Å². The zero-order valence-corrected chi connectivity index (χ0v) is 9.86. The van der Waals surface area contributed by atoms with E-state index in [1.165, 1.54) is 16.5 Å². The molecule has 17 heavy (non-hydrogen) atoms. The molecule has 3 nitrogen and oxygen atoms in total. The molecular weight excluding hydrogens is 212 g/mol. The number of rotatable bonds is 2. The number of hydrogen-bond acceptors (Lipinski definition) is 2. The third-order valence-corrected chi connectivity index (χ3v) is 3.35. The first-order valence-electron chi connectivity index (χ1n) is 5.93. The van der Waals surface area contributed by atoms with Gasteiger partial charge in [-0.1, -0.05) is 6.08 Å². The van der Waals surface area contributed by atoms with Crippen LogP contribution in [-0.2, 0) is 0 Å². The van der Waals surface area contributed by atoms with Gasteiger partial charge in [0, 0.05) is 35.1 Å². The van der Waals surface area contributed by atoms with Gasteiger partial charge >= 0.3 is 0 Å². The fraction of sp³-hybridized carbons (Fsp3) is 0.286. The molecule has 0 amide bonds. The summed E-state index contributed by atoms with van der Waals surface area (Å²) < 4.78 is 5.51. The largest absolute Gasteiger partial charge is 0.496 e. The Balaban J connectivity index is 2.11. The topological polar surface area (TPSA) is 37.0 Å². The van der Waals surface area contributed by atoms with Gasteiger partial charge in [-0.2, -0.15) is 0 Å². The number of aromatic amines is 1. The summed E-state index contributed by atoms with van der Waals surface area (Å²) in [7, 11) is 1.74. The molecule has 0 saturated carbocycles. The van der Waals surface area contributed by atoms with Crippen molar-refractivity contribution in [2.75, 3.05) is 13.7 Å². The molecule has 0 saturated heterocycles. The van der Waals surface area contributed by atoms with Gasteiger partial charge in [0.05, 0.1) is 7.11 Å². The number of nitrogens with one attached hydrogen (secondary N) is 2. The third-order valence-electron chi connectivity index (χ3n) is 3.35. The highest BCUT2D eigenvalue weighted by Crippen LogP contribution is 2.34. The Kier molecular flexibility index (Phi) is 2.52. The SMILES string of the molecule is COc1cc2cc[nH]c2cc1C1C=CNCC1. The first kappa shape index (κ1) is 10.3. The van der Waals surface area contributed by atoms with E-state index < -0.39 is 0 Å². The molecule has 0 radical (unpaired) electrons. The highest BCUT2D eigenvalue weighted by atomic mass is 16.5. The van der Waals surface area contributed by atoms with Crippen LogP contribution in [0.1, 0.15) is 17.9 Å². The van der Waals surface area contributed by atoms with Crippen LogP contribution in [0, 0.1) is 0 Å². The minimum atomic E-state index is 0.443. The zero-order valence-electron chi connectivity index (χ0n) is 9.86. The highest BCUT2D eigenvalue weighted by molar-refractivity contribution is 5.82. The van der Waals surface area contributed by atoms with E-state index in [0.29, 0.717) is 5.92 Å². The molecule has 1 unspecified atom stereocenters. The van der Waals surface area contributed by atoms with Crippen molar-refractivity contribution in [3.8, 4) is 5.75 Å². The fourth-order valence-corrected chi connectivity index (χ4v) is 2.42. The lowest BCUT2D eigenvalue weighted by Gasteiger charge is -2.20. The van der Waals surface area contributed by atoms with Gasteiger partial charge in [-0.05, 0) is 30.8 Å². The summed E-state index contributed by atoms with van der Waals surface area (Å²) in [6.07, 6.45) is 7.31. The lowest BCUT2D eigenvalue weighted by atomic mass is 9.92. The lowest BCUT2D eigenvalue weighted by Crippen LogP contribution is -2.16. The normalized spacial score (nSPS) is 19.2. The van der Waals surface area contributed by atoms with Gasteiger partial charge in [0.2, 0.25) is 0 Å². The molecular formula is C14H16N2O. The number of fused-ring (bicyclic) bond motifs is 1. The van der Waals surface area contributed by atoms with E-state index in [1.807, 2.05) is 12.4 Å². The van der Waals surface area contributed by atoms with Crippen molar-refractivity contribution in [3.05, 3.63) is 42.2 Å². The second-order valence-electron chi connectivity index (χ2n) is 4.37. The van der Waals surface area contributed by atoms with Gasteiger partial charge in [-0.3, -0.25) is 0 Å². The van der Waals surface area contributed by atoms with E-state index in [0.717, 1.165) is 18.7 Å². The molecule has 0 aliphatic carbocycles. The lowest BCUT2D eigenvalue weighted by molar-refractivity contribution is 0.407. The molecule has 2 heterocycles. The van der Waals surface area contributed by atoms with Crippen molar-refractivity contribution in [1.82, 2.24) is 10.3 Å². The maximum absolute atomic E-state index is 5.51. The number of benzene rings is 1. The summed E-state index contributed by atoms with van der Waals surface area (Å²) in [5, 5.41) is 4.42. The predicted molar refractivity (Wildman–Crippen MR) is 69.4 cm³/mol. The molecule has 2 aromatic rings. The summed E-state index contributed by atoms with van der Waals surface area (Å²) in [6.45, 7) is 1.02. The summed E-state index contributed by atoms with van der Waals surface area (Å²) in [5.74, 6) is 1.42. The van der Waals surface area contributed by atoms with Gasteiger partial charge < -0.3 is 15.0 Å². The van der Waals surface area contributed by atoms with Crippen LogP contribution in [0.5, 0.6) is 5.75 Å². The quantitative estimate of drug-likeness (QED) is 0.829. The van der Waals surface area contributed by atoms with E-state index in [9.17, 15) is 0 Å². The molecule has 1 aliphatic rings. The molecule has 2 N–H and O–H groups in total. The van der Waals surface area contributed by atoms with Crippen LogP contribution < -0.4 is 10.1 Å². The first-order chi connectivity index (χ1) is 8.38. The van der Waals surface area contributed by atoms with Gasteiger partial charge in [0.25, 0.3) is 0 Å². The van der Waals surface area contributed by atoms with Crippen LogP contribution in [0.25, 0.3) is 10.9 Å². The fourth-order valence-electron chi connectivity index (χ4n) is 2.42. The Morgan fingerprint density at radius 2 is 2.29 bits per heavy atom. The minimum absolute atomic E-state index is 0.443. The predicted octanol–water partition coefficient (Wildman–Crippen LogP) is 2.77. The smallest absolute Gasteiger partial charge is 0.123 e. The van der Waals surface area contributed by atoms with Crippen molar-refractivity contribution in [2.45, 2.75) is 12.3 Å². The molecule has 3 rings (SSSR count). The van der Waals surface area contributed by atoms with Gasteiger partial charge in [-0.25, -0.2) is 0 Å². The summed E-state index contributed by atoms with van der Waals surface area (Å²) in [6, 6.07) is 6.38. The molecule has 1 aromatic heterocycles. The Bertz CT molecular complexity index is 556. The van der Waals surface area contributed by atoms with E-state index >= 15 is 0 Å². The Morgan fingerprint density at radius 3 is 3.06 bits per heavy atom. The molecule has 3 heteroatoms. The van der Waals surface area contributed by atoms with E-state index in [2.05, 4.69) is 34.6 Å². The maximum atomic E-state index is 5.51. The van der Waals surface area contributed by atoms with Gasteiger partial charge in [0.1, 0.15) is 5.75 Å². The minimum Gasteiger partial charge on any atom is -0.496 e. The summed E-state index contributed by atoms with van der Waals surface area (Å²) in [5.41, 5.74) is 2.44. The summed E-state index contributed by atoms with van der Waals surface area (Å²) >= 11 is 0. The zero-order chi connectivity index (χ0) is 11.7. The second kappa shape index (κ2) is 4.17. The Morgan fingerprint density at radius 1 is 1.35 bits per heavy atom. The molecule has 1 atom stereocenters. The van der Waals surface area contributed by atoms with Crippen LogP contribution in [0.3, 0.4) is 0 Å². The van der Waals surface area contributed by atoms with Gasteiger partial charge in [0.15, 0.2) is 0 Å². The number of allylic oxidation sites excluding steroid dienone is 1. The molecule has 1 aromatic carbocycles.